The molecule has 33 heavy (non-hydrogen) atoms. The fourth-order valence-corrected chi connectivity index (χ4v) is 8.78. The summed E-state index contributed by atoms with van der Waals surface area (Å²) in [6.45, 7) is 9.89. The van der Waals surface area contributed by atoms with E-state index in [1.807, 2.05) is 6.92 Å². The van der Waals surface area contributed by atoms with Crippen molar-refractivity contribution in [2.45, 2.75) is 123 Å². The molecule has 0 amide bonds. The van der Waals surface area contributed by atoms with Gasteiger partial charge < -0.3 is 10.2 Å². The second-order valence-electron chi connectivity index (χ2n) is 13.3. The molecule has 190 valence electrons. The molecule has 0 unspecified atom stereocenters. The summed E-state index contributed by atoms with van der Waals surface area (Å²) < 4.78 is 39.5. The first-order valence-electron chi connectivity index (χ1n) is 13.3. The Morgan fingerprint density at radius 1 is 1.03 bits per heavy atom. The van der Waals surface area contributed by atoms with E-state index in [1.165, 1.54) is 12.8 Å². The molecule has 5 heteroatoms. The van der Waals surface area contributed by atoms with Gasteiger partial charge in [0.15, 0.2) is 5.60 Å². The van der Waals surface area contributed by atoms with E-state index in [9.17, 15) is 23.4 Å². The molecular weight excluding hydrogens is 425 g/mol. The average molecular weight is 471 g/mol. The van der Waals surface area contributed by atoms with Crippen molar-refractivity contribution < 1.29 is 23.4 Å². The molecule has 4 aliphatic rings. The molecule has 3 saturated carbocycles. The van der Waals surface area contributed by atoms with Crippen LogP contribution < -0.4 is 0 Å². The molecule has 0 spiro atoms. The van der Waals surface area contributed by atoms with Gasteiger partial charge >= 0.3 is 6.18 Å². The number of hydrogen-bond donors (Lipinski definition) is 2. The van der Waals surface area contributed by atoms with Gasteiger partial charge in [0.05, 0.1) is 5.60 Å². The van der Waals surface area contributed by atoms with Crippen LogP contribution in [0.3, 0.4) is 0 Å². The number of aliphatic hydroxyl groups is 2. The van der Waals surface area contributed by atoms with Gasteiger partial charge in [0.2, 0.25) is 0 Å². The molecule has 0 radical (unpaired) electrons. The van der Waals surface area contributed by atoms with Crippen molar-refractivity contribution in [1.29, 1.82) is 0 Å². The van der Waals surface area contributed by atoms with E-state index in [0.717, 1.165) is 51.9 Å². The molecule has 0 saturated heterocycles. The Bertz CT molecular complexity index is 770. The van der Waals surface area contributed by atoms with Gasteiger partial charge in [-0.05, 0) is 125 Å². The Hall–Kier alpha value is -0.550. The van der Waals surface area contributed by atoms with Crippen LogP contribution in [0, 0.1) is 40.4 Å². The van der Waals surface area contributed by atoms with Crippen LogP contribution in [0.1, 0.15) is 105 Å². The van der Waals surface area contributed by atoms with E-state index in [0.29, 0.717) is 30.1 Å². The molecule has 2 N–H and O–H groups in total. The summed E-state index contributed by atoms with van der Waals surface area (Å²) in [7, 11) is 0. The topological polar surface area (TPSA) is 40.5 Å². The highest BCUT2D eigenvalue weighted by atomic mass is 19.4. The lowest BCUT2D eigenvalue weighted by molar-refractivity contribution is -0.256. The lowest BCUT2D eigenvalue weighted by Gasteiger charge is -2.57. The highest BCUT2D eigenvalue weighted by Crippen LogP contribution is 2.67. The maximum Gasteiger partial charge on any atom is 0.416 e. The van der Waals surface area contributed by atoms with Gasteiger partial charge in [-0.3, -0.25) is 0 Å². The maximum absolute atomic E-state index is 13.2. The lowest BCUT2D eigenvalue weighted by atomic mass is 9.48. The highest BCUT2D eigenvalue weighted by Gasteiger charge is 2.59. The number of allylic oxidation sites excluding steroid dienone is 2. The Morgan fingerprint density at radius 2 is 1.73 bits per heavy atom. The van der Waals surface area contributed by atoms with Crippen molar-refractivity contribution in [3.8, 4) is 0 Å². The van der Waals surface area contributed by atoms with Gasteiger partial charge in [0, 0.05) is 0 Å². The van der Waals surface area contributed by atoms with E-state index in [2.05, 4.69) is 26.8 Å². The summed E-state index contributed by atoms with van der Waals surface area (Å²) in [5.74, 6) is 2.55. The predicted molar refractivity (Wildman–Crippen MR) is 126 cm³/mol. The summed E-state index contributed by atoms with van der Waals surface area (Å²) in [6.07, 6.45) is 7.68. The largest absolute Gasteiger partial charge is 0.416 e. The quantitative estimate of drug-likeness (QED) is 0.419. The van der Waals surface area contributed by atoms with E-state index in [1.54, 1.807) is 5.57 Å². The first-order chi connectivity index (χ1) is 15.1. The third kappa shape index (κ3) is 4.32. The molecule has 3 fully saturated rings. The summed E-state index contributed by atoms with van der Waals surface area (Å²) in [5.41, 5.74) is -1.23. The molecule has 4 rings (SSSR count). The molecule has 0 aromatic carbocycles. The van der Waals surface area contributed by atoms with Crippen LogP contribution in [-0.4, -0.2) is 27.6 Å². The van der Waals surface area contributed by atoms with Crippen LogP contribution in [0.25, 0.3) is 0 Å². The summed E-state index contributed by atoms with van der Waals surface area (Å²) in [6, 6.07) is 0. The second kappa shape index (κ2) is 8.25. The van der Waals surface area contributed by atoms with E-state index >= 15 is 0 Å². The number of rotatable bonds is 4. The van der Waals surface area contributed by atoms with Crippen LogP contribution in [-0.2, 0) is 0 Å². The average Bonchev–Trinajstić information content (AvgIpc) is 3.00. The van der Waals surface area contributed by atoms with Gasteiger partial charge in [0.25, 0.3) is 0 Å². The third-order valence-electron chi connectivity index (χ3n) is 11.2. The van der Waals surface area contributed by atoms with Gasteiger partial charge in [-0.15, -0.1) is 0 Å². The first kappa shape index (κ1) is 25.5. The van der Waals surface area contributed by atoms with Crippen LogP contribution in [0.4, 0.5) is 13.2 Å². The minimum Gasteiger partial charge on any atom is -0.390 e. The molecule has 4 aliphatic carbocycles. The minimum atomic E-state index is -4.57. The Morgan fingerprint density at radius 3 is 2.39 bits per heavy atom. The molecule has 9 atom stereocenters. The van der Waals surface area contributed by atoms with Gasteiger partial charge in [-0.2, -0.15) is 13.2 Å². The van der Waals surface area contributed by atoms with E-state index in [-0.39, 0.29) is 23.2 Å². The number of alkyl halides is 3. The Labute approximate surface area is 198 Å². The summed E-state index contributed by atoms with van der Waals surface area (Å²) in [5, 5.41) is 20.7. The molecule has 0 heterocycles. The molecule has 2 nitrogen and oxygen atoms in total. The minimum absolute atomic E-state index is 0.180. The normalized spacial score (nSPS) is 46.3. The fourth-order valence-electron chi connectivity index (χ4n) is 8.78. The zero-order chi connectivity index (χ0) is 24.4. The van der Waals surface area contributed by atoms with Gasteiger partial charge in [0.1, 0.15) is 0 Å². The molecular formula is C28H45F3O2. The van der Waals surface area contributed by atoms with E-state index in [4.69, 9.17) is 0 Å². The lowest BCUT2D eigenvalue weighted by Crippen LogP contribution is -2.49. The van der Waals surface area contributed by atoms with Gasteiger partial charge in [-0.1, -0.05) is 32.4 Å². The first-order valence-corrected chi connectivity index (χ1v) is 13.3. The Kier molecular flexibility index (Phi) is 6.39. The highest BCUT2D eigenvalue weighted by molar-refractivity contribution is 5.24. The molecule has 0 bridgehead atoms. The van der Waals surface area contributed by atoms with Crippen molar-refractivity contribution in [3.63, 3.8) is 0 Å². The second-order valence-corrected chi connectivity index (χ2v) is 13.3. The van der Waals surface area contributed by atoms with Crippen LogP contribution in [0.2, 0.25) is 0 Å². The smallest absolute Gasteiger partial charge is 0.390 e. The standard InChI is InChI=1S/C28H45F3O2/c1-18(10-15-27(5,33)28(29,30)31)21-8-9-22-20-7-6-19-11-13-24(2,32)16-17-25(19,3)23(20)12-14-26(21,22)4/h6,18,20-23,32-33H,7-17H2,1-5H3/t18-,20+,21-,22+,23+,24-,25+,26-,27+/m1/s1. The fraction of sp³-hybridized carbons (Fsp3) is 0.929. The van der Waals surface area contributed by atoms with E-state index < -0.39 is 17.4 Å². The SMILES string of the molecule is C[C@H](CC[C@](C)(O)C(F)(F)F)[C@H]1CC[C@H]2[C@@H]3CC=C4CC[C@@](C)(O)CC[C@]4(C)[C@H]3CC[C@]12C. The van der Waals surface area contributed by atoms with Gasteiger partial charge in [-0.25, -0.2) is 0 Å². The van der Waals surface area contributed by atoms with Crippen LogP contribution in [0.5, 0.6) is 0 Å². The molecule has 0 aliphatic heterocycles. The number of hydrogen-bond acceptors (Lipinski definition) is 2. The van der Waals surface area contributed by atoms with Crippen molar-refractivity contribution >= 4 is 0 Å². The number of halogens is 3. The third-order valence-corrected chi connectivity index (χ3v) is 11.2. The van der Waals surface area contributed by atoms with Crippen molar-refractivity contribution in [2.75, 3.05) is 0 Å². The molecule has 0 aromatic rings. The summed E-state index contributed by atoms with van der Waals surface area (Å²) in [4.78, 5) is 0. The molecule has 0 aromatic heterocycles. The maximum atomic E-state index is 13.2. The van der Waals surface area contributed by atoms with Crippen molar-refractivity contribution in [1.82, 2.24) is 0 Å². The monoisotopic (exact) mass is 470 g/mol. The predicted octanol–water partition coefficient (Wildman–Crippen LogP) is 7.44. The van der Waals surface area contributed by atoms with Crippen LogP contribution >= 0.6 is 0 Å². The van der Waals surface area contributed by atoms with Crippen molar-refractivity contribution in [2.24, 2.45) is 40.4 Å². The Balaban J connectivity index is 1.49. The zero-order valence-electron chi connectivity index (χ0n) is 21.3. The summed E-state index contributed by atoms with van der Waals surface area (Å²) >= 11 is 0. The van der Waals surface area contributed by atoms with Crippen LogP contribution in [0.15, 0.2) is 11.6 Å². The number of fused-ring (bicyclic) bond motifs is 5. The zero-order valence-corrected chi connectivity index (χ0v) is 21.3. The van der Waals surface area contributed by atoms with Crippen molar-refractivity contribution in [3.05, 3.63) is 11.6 Å².